The lowest BCUT2D eigenvalue weighted by Crippen LogP contribution is -2.36. The van der Waals surface area contributed by atoms with Crippen molar-refractivity contribution >= 4 is 23.4 Å². The van der Waals surface area contributed by atoms with E-state index in [1.807, 2.05) is 11.4 Å². The molecular formula is C25H33N5OS. The molecule has 0 bridgehead atoms. The van der Waals surface area contributed by atoms with Gasteiger partial charge in [-0.15, -0.1) is 5.10 Å². The Balaban J connectivity index is 1.42. The van der Waals surface area contributed by atoms with E-state index >= 15 is 0 Å². The minimum Gasteiger partial charge on any atom is -0.353 e. The highest BCUT2D eigenvalue weighted by atomic mass is 32.2. The molecule has 1 aromatic carbocycles. The van der Waals surface area contributed by atoms with Crippen LogP contribution in [0.25, 0.3) is 5.78 Å². The summed E-state index contributed by atoms with van der Waals surface area (Å²) in [4.78, 5) is 21.7. The van der Waals surface area contributed by atoms with Gasteiger partial charge < -0.3 is 5.32 Å². The Hall–Kier alpha value is -2.41. The molecule has 1 saturated carbocycles. The third kappa shape index (κ3) is 5.68. The van der Waals surface area contributed by atoms with Crippen molar-refractivity contribution in [2.24, 2.45) is 0 Å². The maximum Gasteiger partial charge on any atom is 0.253 e. The Morgan fingerprint density at radius 2 is 1.72 bits per heavy atom. The Kier molecular flexibility index (Phi) is 7.45. The van der Waals surface area contributed by atoms with Gasteiger partial charge in [-0.1, -0.05) is 73.7 Å². The van der Waals surface area contributed by atoms with E-state index in [1.54, 1.807) is 0 Å². The van der Waals surface area contributed by atoms with Crippen LogP contribution in [0.5, 0.6) is 0 Å². The van der Waals surface area contributed by atoms with Gasteiger partial charge in [-0.05, 0) is 44.7 Å². The summed E-state index contributed by atoms with van der Waals surface area (Å²) in [6, 6.07) is 8.91. The lowest BCUT2D eigenvalue weighted by Gasteiger charge is -2.20. The van der Waals surface area contributed by atoms with Gasteiger partial charge in [0.05, 0.1) is 5.75 Å². The molecule has 3 aromatic rings. The number of carbonyl (C=O) groups is 1. The molecule has 32 heavy (non-hydrogen) atoms. The van der Waals surface area contributed by atoms with Crippen LogP contribution >= 0.6 is 11.8 Å². The number of carbonyl (C=O) groups excluding carboxylic acids is 1. The molecule has 170 valence electrons. The van der Waals surface area contributed by atoms with Gasteiger partial charge in [-0.25, -0.2) is 9.50 Å². The van der Waals surface area contributed by atoms with Crippen molar-refractivity contribution in [3.63, 3.8) is 0 Å². The Morgan fingerprint density at radius 3 is 2.44 bits per heavy atom. The van der Waals surface area contributed by atoms with E-state index in [2.05, 4.69) is 58.5 Å². The standard InChI is InChI=1S/C25H33N5OS/c1-17-11-13-20(14-12-17)15-22-18(2)26-24-28-25(29-30(24)19(22)3)32-16-23(31)27-21-9-7-5-4-6-8-10-21/h11-14,21H,4-10,15-16H2,1-3H3,(H,27,31). The second kappa shape index (κ2) is 10.5. The number of aryl methyl sites for hydroxylation is 3. The molecule has 0 aliphatic heterocycles. The first-order valence-corrected chi connectivity index (χ1v) is 12.7. The van der Waals surface area contributed by atoms with Crippen molar-refractivity contribution in [2.75, 3.05) is 5.75 Å². The summed E-state index contributed by atoms with van der Waals surface area (Å²) in [7, 11) is 0. The van der Waals surface area contributed by atoms with Crippen molar-refractivity contribution in [3.8, 4) is 0 Å². The summed E-state index contributed by atoms with van der Waals surface area (Å²) in [6.45, 7) is 6.19. The number of aromatic nitrogens is 4. The summed E-state index contributed by atoms with van der Waals surface area (Å²) < 4.78 is 1.81. The second-order valence-electron chi connectivity index (χ2n) is 8.93. The SMILES string of the molecule is Cc1ccc(Cc2c(C)nc3nc(SCC(=O)NC4CCCCCCC4)nn3c2C)cc1. The van der Waals surface area contributed by atoms with E-state index in [0.29, 0.717) is 22.7 Å². The summed E-state index contributed by atoms with van der Waals surface area (Å²) in [5, 5.41) is 8.45. The Morgan fingerprint density at radius 1 is 1.03 bits per heavy atom. The third-order valence-electron chi connectivity index (χ3n) is 6.33. The first-order valence-electron chi connectivity index (χ1n) is 11.7. The Labute approximate surface area is 194 Å². The van der Waals surface area contributed by atoms with Gasteiger partial charge >= 0.3 is 0 Å². The van der Waals surface area contributed by atoms with Gasteiger partial charge in [0.1, 0.15) is 0 Å². The number of fused-ring (bicyclic) bond motifs is 1. The third-order valence-corrected chi connectivity index (χ3v) is 7.17. The van der Waals surface area contributed by atoms with Crippen LogP contribution in [0.2, 0.25) is 0 Å². The molecule has 6 nitrogen and oxygen atoms in total. The molecule has 0 radical (unpaired) electrons. The number of nitrogens with zero attached hydrogens (tertiary/aromatic N) is 4. The van der Waals surface area contributed by atoms with Gasteiger partial charge in [-0.2, -0.15) is 4.98 Å². The first-order chi connectivity index (χ1) is 15.5. The summed E-state index contributed by atoms with van der Waals surface area (Å²) in [6.07, 6.45) is 9.31. The fraction of sp³-hybridized carbons (Fsp3) is 0.520. The highest BCUT2D eigenvalue weighted by molar-refractivity contribution is 7.99. The lowest BCUT2D eigenvalue weighted by atomic mass is 9.97. The molecule has 2 aromatic heterocycles. The van der Waals surface area contributed by atoms with Crippen LogP contribution in [-0.4, -0.2) is 37.3 Å². The van der Waals surface area contributed by atoms with Crippen molar-refractivity contribution in [1.29, 1.82) is 0 Å². The number of hydrogen-bond donors (Lipinski definition) is 1. The quantitative estimate of drug-likeness (QED) is 0.536. The van der Waals surface area contributed by atoms with Gasteiger partial charge in [0.25, 0.3) is 5.78 Å². The summed E-state index contributed by atoms with van der Waals surface area (Å²) in [5.74, 6) is 0.998. The number of thioether (sulfide) groups is 1. The molecule has 1 aliphatic carbocycles. The number of rotatable bonds is 6. The first kappa shape index (κ1) is 22.8. The topological polar surface area (TPSA) is 72.2 Å². The predicted octanol–water partition coefficient (Wildman–Crippen LogP) is 4.96. The molecule has 1 aliphatic rings. The van der Waals surface area contributed by atoms with E-state index in [0.717, 1.165) is 30.7 Å². The second-order valence-corrected chi connectivity index (χ2v) is 9.87. The van der Waals surface area contributed by atoms with E-state index in [9.17, 15) is 4.79 Å². The van der Waals surface area contributed by atoms with Gasteiger partial charge in [-0.3, -0.25) is 4.79 Å². The van der Waals surface area contributed by atoms with Crippen LogP contribution < -0.4 is 5.32 Å². The number of amides is 1. The van der Waals surface area contributed by atoms with Gasteiger partial charge in [0.2, 0.25) is 11.1 Å². The number of hydrogen-bond acceptors (Lipinski definition) is 5. The lowest BCUT2D eigenvalue weighted by molar-refractivity contribution is -0.119. The van der Waals surface area contributed by atoms with Crippen molar-refractivity contribution in [2.45, 2.75) is 83.3 Å². The fourth-order valence-electron chi connectivity index (χ4n) is 4.42. The van der Waals surface area contributed by atoms with Crippen LogP contribution in [0.3, 0.4) is 0 Å². The van der Waals surface area contributed by atoms with E-state index in [1.165, 1.54) is 60.6 Å². The maximum absolute atomic E-state index is 12.5. The van der Waals surface area contributed by atoms with Crippen LogP contribution in [0, 0.1) is 20.8 Å². The minimum absolute atomic E-state index is 0.0698. The van der Waals surface area contributed by atoms with E-state index in [-0.39, 0.29) is 5.91 Å². The average Bonchev–Trinajstić information content (AvgIpc) is 3.16. The zero-order chi connectivity index (χ0) is 22.5. The molecular weight excluding hydrogens is 418 g/mol. The van der Waals surface area contributed by atoms with Gasteiger partial charge in [0.15, 0.2) is 0 Å². The molecule has 1 N–H and O–H groups in total. The summed E-state index contributed by atoms with van der Waals surface area (Å²) >= 11 is 1.38. The molecule has 0 spiro atoms. The molecule has 0 saturated heterocycles. The normalized spacial score (nSPS) is 15.5. The minimum atomic E-state index is 0.0698. The highest BCUT2D eigenvalue weighted by Gasteiger charge is 2.17. The molecule has 2 heterocycles. The molecule has 4 rings (SSSR count). The smallest absolute Gasteiger partial charge is 0.253 e. The molecule has 1 fully saturated rings. The van der Waals surface area contributed by atoms with Crippen LogP contribution in [0.15, 0.2) is 29.4 Å². The number of benzene rings is 1. The Bertz CT molecular complexity index is 1070. The van der Waals surface area contributed by atoms with Crippen molar-refractivity contribution in [1.82, 2.24) is 24.9 Å². The maximum atomic E-state index is 12.5. The largest absolute Gasteiger partial charge is 0.353 e. The zero-order valence-corrected chi connectivity index (χ0v) is 20.2. The van der Waals surface area contributed by atoms with Crippen molar-refractivity contribution in [3.05, 3.63) is 52.3 Å². The van der Waals surface area contributed by atoms with E-state index in [4.69, 9.17) is 0 Å². The number of nitrogens with one attached hydrogen (secondary N) is 1. The van der Waals surface area contributed by atoms with E-state index < -0.39 is 0 Å². The monoisotopic (exact) mass is 451 g/mol. The van der Waals surface area contributed by atoms with Crippen LogP contribution in [-0.2, 0) is 11.2 Å². The summed E-state index contributed by atoms with van der Waals surface area (Å²) in [5.41, 5.74) is 5.70. The molecule has 7 heteroatoms. The molecule has 0 atom stereocenters. The average molecular weight is 452 g/mol. The fourth-order valence-corrected chi connectivity index (χ4v) is 5.05. The van der Waals surface area contributed by atoms with Crippen LogP contribution in [0.4, 0.5) is 0 Å². The van der Waals surface area contributed by atoms with Crippen LogP contribution in [0.1, 0.15) is 73.0 Å². The van der Waals surface area contributed by atoms with Gasteiger partial charge in [0, 0.05) is 23.9 Å². The van der Waals surface area contributed by atoms with Crippen molar-refractivity contribution < 1.29 is 4.79 Å². The molecule has 1 amide bonds. The predicted molar refractivity (Wildman–Crippen MR) is 129 cm³/mol. The highest BCUT2D eigenvalue weighted by Crippen LogP contribution is 2.21. The zero-order valence-electron chi connectivity index (χ0n) is 19.4. The molecule has 0 unspecified atom stereocenters.